The molecule has 0 aromatic heterocycles. The summed E-state index contributed by atoms with van der Waals surface area (Å²) in [6.07, 6.45) is 0. The van der Waals surface area contributed by atoms with E-state index in [0.29, 0.717) is 48.1 Å². The molecule has 0 radical (unpaired) electrons. The van der Waals surface area contributed by atoms with E-state index in [-0.39, 0.29) is 12.5 Å². The molecule has 3 aromatic carbocycles. The van der Waals surface area contributed by atoms with Crippen molar-refractivity contribution in [1.29, 1.82) is 0 Å². The van der Waals surface area contributed by atoms with E-state index < -0.39 is 11.9 Å². The van der Waals surface area contributed by atoms with Crippen molar-refractivity contribution in [3.63, 3.8) is 0 Å². The smallest absolute Gasteiger partial charge is 0.344 e. The van der Waals surface area contributed by atoms with Gasteiger partial charge >= 0.3 is 11.9 Å². The van der Waals surface area contributed by atoms with Crippen LogP contribution in [-0.4, -0.2) is 38.2 Å². The lowest BCUT2D eigenvalue weighted by Gasteiger charge is -2.16. The third-order valence-electron chi connectivity index (χ3n) is 5.81. The number of carbonyl (C=O) groups is 3. The van der Waals surface area contributed by atoms with Crippen molar-refractivity contribution in [2.75, 3.05) is 25.2 Å². The number of ether oxygens (including phenoxy) is 4. The molecule has 4 rings (SSSR count). The predicted molar refractivity (Wildman–Crippen MR) is 132 cm³/mol. The Balaban J connectivity index is 1.43. The van der Waals surface area contributed by atoms with Gasteiger partial charge in [-0.3, -0.25) is 4.79 Å². The lowest BCUT2D eigenvalue weighted by Crippen LogP contribution is -2.23. The van der Waals surface area contributed by atoms with Crippen molar-refractivity contribution in [2.45, 2.75) is 27.0 Å². The Kier molecular flexibility index (Phi) is 7.53. The van der Waals surface area contributed by atoms with E-state index in [0.717, 1.165) is 16.7 Å². The number of methoxy groups -OCH3 is 1. The van der Waals surface area contributed by atoms with E-state index in [1.807, 2.05) is 25.1 Å². The van der Waals surface area contributed by atoms with Crippen molar-refractivity contribution in [1.82, 2.24) is 0 Å². The molecule has 0 bridgehead atoms. The predicted octanol–water partition coefficient (Wildman–Crippen LogP) is 4.46. The molecular weight excluding hydrogens is 462 g/mol. The van der Waals surface area contributed by atoms with Crippen LogP contribution in [0.1, 0.15) is 44.3 Å². The normalized spacial score (nSPS) is 12.2. The maximum Gasteiger partial charge on any atom is 0.344 e. The van der Waals surface area contributed by atoms with Gasteiger partial charge < -0.3 is 23.8 Å². The lowest BCUT2D eigenvalue weighted by atomic mass is 10.1. The maximum absolute atomic E-state index is 13.1. The number of anilines is 1. The van der Waals surface area contributed by atoms with Crippen LogP contribution < -0.4 is 14.4 Å². The third kappa shape index (κ3) is 5.33. The summed E-state index contributed by atoms with van der Waals surface area (Å²) in [5, 5.41) is 0. The number of esters is 2. The number of hydrogen-bond acceptors (Lipinski definition) is 7. The second-order valence-corrected chi connectivity index (χ2v) is 8.19. The number of fused-ring (bicyclic) bond motifs is 1. The first-order valence-electron chi connectivity index (χ1n) is 11.5. The van der Waals surface area contributed by atoms with Gasteiger partial charge in [-0.05, 0) is 73.5 Å². The molecular formula is C28H27NO7. The molecule has 0 N–H and O–H groups in total. The Labute approximate surface area is 209 Å². The molecule has 0 saturated carbocycles. The van der Waals surface area contributed by atoms with Gasteiger partial charge in [0.1, 0.15) is 18.1 Å². The van der Waals surface area contributed by atoms with Gasteiger partial charge in [0.2, 0.25) is 0 Å². The van der Waals surface area contributed by atoms with Crippen molar-refractivity contribution in [3.8, 4) is 11.5 Å². The molecule has 1 amide bonds. The summed E-state index contributed by atoms with van der Waals surface area (Å²) in [5.41, 5.74) is 4.29. The number of nitrogens with zero attached hydrogens (tertiary/aromatic N) is 1. The van der Waals surface area contributed by atoms with Crippen LogP contribution in [0.5, 0.6) is 11.5 Å². The van der Waals surface area contributed by atoms with E-state index in [9.17, 15) is 14.4 Å². The molecule has 0 aliphatic carbocycles. The molecule has 0 spiro atoms. The molecule has 0 unspecified atom stereocenters. The van der Waals surface area contributed by atoms with Crippen molar-refractivity contribution in [2.24, 2.45) is 0 Å². The van der Waals surface area contributed by atoms with Gasteiger partial charge in [0.25, 0.3) is 5.91 Å². The van der Waals surface area contributed by atoms with E-state index in [4.69, 9.17) is 18.9 Å². The third-order valence-corrected chi connectivity index (χ3v) is 5.81. The van der Waals surface area contributed by atoms with Gasteiger partial charge in [-0.25, -0.2) is 9.59 Å². The zero-order valence-corrected chi connectivity index (χ0v) is 20.4. The standard InChI is InChI=1S/C28H27NO7/c1-4-34-26(30)17-36-24-13-8-19(14-18(24)2)16-35-25-7-5-6-22-23(25)15-29(27(22)31)21-11-9-20(10-12-21)28(32)33-3/h5-14H,4,15-17H2,1-3H3. The summed E-state index contributed by atoms with van der Waals surface area (Å²) in [5.74, 6) is 0.272. The van der Waals surface area contributed by atoms with Gasteiger partial charge in [0.05, 0.1) is 25.8 Å². The fourth-order valence-corrected chi connectivity index (χ4v) is 4.01. The molecule has 0 fully saturated rings. The molecule has 186 valence electrons. The average molecular weight is 490 g/mol. The maximum atomic E-state index is 13.1. The van der Waals surface area contributed by atoms with Crippen LogP contribution in [-0.2, 0) is 27.4 Å². The van der Waals surface area contributed by atoms with Crippen LogP contribution in [0.2, 0.25) is 0 Å². The minimum atomic E-state index is -0.429. The monoisotopic (exact) mass is 489 g/mol. The fraction of sp³-hybridized carbons (Fsp3) is 0.250. The highest BCUT2D eigenvalue weighted by Crippen LogP contribution is 2.34. The van der Waals surface area contributed by atoms with Gasteiger partial charge in [-0.2, -0.15) is 0 Å². The molecule has 1 aliphatic heterocycles. The largest absolute Gasteiger partial charge is 0.489 e. The van der Waals surface area contributed by atoms with Crippen LogP contribution in [0, 0.1) is 6.92 Å². The van der Waals surface area contributed by atoms with Crippen LogP contribution >= 0.6 is 0 Å². The van der Waals surface area contributed by atoms with Crippen LogP contribution in [0.4, 0.5) is 5.69 Å². The number of aryl methyl sites for hydroxylation is 1. The Bertz CT molecular complexity index is 1280. The van der Waals surface area contributed by atoms with Gasteiger partial charge in [-0.15, -0.1) is 0 Å². The first-order valence-corrected chi connectivity index (χ1v) is 11.5. The van der Waals surface area contributed by atoms with E-state index in [1.54, 1.807) is 54.3 Å². The number of rotatable bonds is 9. The summed E-state index contributed by atoms with van der Waals surface area (Å²) >= 11 is 0. The molecule has 0 saturated heterocycles. The Morgan fingerprint density at radius 1 is 0.972 bits per heavy atom. The van der Waals surface area contributed by atoms with Gasteiger partial charge in [0.15, 0.2) is 6.61 Å². The van der Waals surface area contributed by atoms with E-state index >= 15 is 0 Å². The van der Waals surface area contributed by atoms with Crippen LogP contribution in [0.3, 0.4) is 0 Å². The summed E-state index contributed by atoms with van der Waals surface area (Å²) in [7, 11) is 1.33. The molecule has 36 heavy (non-hydrogen) atoms. The number of benzene rings is 3. The quantitative estimate of drug-likeness (QED) is 0.410. The molecule has 8 nitrogen and oxygen atoms in total. The first-order chi connectivity index (χ1) is 17.4. The summed E-state index contributed by atoms with van der Waals surface area (Å²) in [4.78, 5) is 37.9. The molecule has 3 aromatic rings. The van der Waals surface area contributed by atoms with E-state index in [2.05, 4.69) is 0 Å². The second-order valence-electron chi connectivity index (χ2n) is 8.19. The zero-order chi connectivity index (χ0) is 25.7. The van der Waals surface area contributed by atoms with Crippen LogP contribution in [0.15, 0.2) is 60.7 Å². The molecule has 0 atom stereocenters. The molecule has 8 heteroatoms. The van der Waals surface area contributed by atoms with Gasteiger partial charge in [0, 0.05) is 16.8 Å². The topological polar surface area (TPSA) is 91.4 Å². The Morgan fingerprint density at radius 3 is 2.44 bits per heavy atom. The average Bonchev–Trinajstić information content (AvgIpc) is 3.23. The Hall–Kier alpha value is -4.33. The summed E-state index contributed by atoms with van der Waals surface area (Å²) in [6, 6.07) is 17.8. The Morgan fingerprint density at radius 2 is 1.75 bits per heavy atom. The highest BCUT2D eigenvalue weighted by Gasteiger charge is 2.31. The van der Waals surface area contributed by atoms with Crippen molar-refractivity contribution < 1.29 is 33.3 Å². The highest BCUT2D eigenvalue weighted by molar-refractivity contribution is 6.10. The zero-order valence-electron chi connectivity index (χ0n) is 20.4. The highest BCUT2D eigenvalue weighted by atomic mass is 16.6. The minimum Gasteiger partial charge on any atom is -0.489 e. The summed E-state index contributed by atoms with van der Waals surface area (Å²) < 4.78 is 21.3. The summed E-state index contributed by atoms with van der Waals surface area (Å²) in [6.45, 7) is 4.48. The fourth-order valence-electron chi connectivity index (χ4n) is 4.01. The first kappa shape index (κ1) is 24.8. The molecule has 1 aliphatic rings. The number of amides is 1. The number of hydrogen-bond donors (Lipinski definition) is 0. The number of carbonyl (C=O) groups excluding carboxylic acids is 3. The SMILES string of the molecule is CCOC(=O)COc1ccc(COc2cccc3c2CN(c2ccc(C(=O)OC)cc2)C3=O)cc1C. The molecule has 1 heterocycles. The minimum absolute atomic E-state index is 0.125. The van der Waals surface area contributed by atoms with E-state index in [1.165, 1.54) is 7.11 Å². The van der Waals surface area contributed by atoms with Crippen molar-refractivity contribution >= 4 is 23.5 Å². The second kappa shape index (κ2) is 10.9. The van der Waals surface area contributed by atoms with Crippen LogP contribution in [0.25, 0.3) is 0 Å². The lowest BCUT2D eigenvalue weighted by molar-refractivity contribution is -0.145. The van der Waals surface area contributed by atoms with Gasteiger partial charge in [-0.1, -0.05) is 12.1 Å². The van der Waals surface area contributed by atoms with Crippen molar-refractivity contribution in [3.05, 3.63) is 88.5 Å².